The number of aromatic nitrogens is 3. The maximum absolute atomic E-state index is 10.7. The summed E-state index contributed by atoms with van der Waals surface area (Å²) in [4.78, 5) is 10.2. The fourth-order valence-corrected chi connectivity index (χ4v) is 2.99. The summed E-state index contributed by atoms with van der Waals surface area (Å²) in [5.41, 5.74) is 1.83. The number of ether oxygens (including phenoxy) is 1. The van der Waals surface area contributed by atoms with Crippen molar-refractivity contribution in [1.29, 1.82) is 0 Å². The van der Waals surface area contributed by atoms with E-state index in [2.05, 4.69) is 10.2 Å². The molecular formula is C16H15N5O3S. The summed E-state index contributed by atoms with van der Waals surface area (Å²) >= 11 is 1.41. The summed E-state index contributed by atoms with van der Waals surface area (Å²) in [6.45, 7) is 0. The predicted octanol–water partition coefficient (Wildman–Crippen LogP) is 2.87. The minimum Gasteiger partial charge on any atom is -0.497 e. The van der Waals surface area contributed by atoms with Crippen LogP contribution in [0.15, 0.2) is 53.7 Å². The SMILES string of the molecule is COc1ccc(-c2nnc(SCc3ccc([N+](=O)[O-])cc3)n2N)cc1. The largest absolute Gasteiger partial charge is 0.497 e. The molecule has 0 amide bonds. The molecule has 0 aliphatic rings. The molecule has 0 aliphatic heterocycles. The van der Waals surface area contributed by atoms with Gasteiger partial charge < -0.3 is 10.6 Å². The first-order chi connectivity index (χ1) is 12.1. The lowest BCUT2D eigenvalue weighted by molar-refractivity contribution is -0.384. The molecule has 0 atom stereocenters. The van der Waals surface area contributed by atoms with Crippen LogP contribution in [0.5, 0.6) is 5.75 Å². The van der Waals surface area contributed by atoms with Gasteiger partial charge in [-0.05, 0) is 29.8 Å². The van der Waals surface area contributed by atoms with Crippen LogP contribution >= 0.6 is 11.8 Å². The first-order valence-electron chi connectivity index (χ1n) is 7.29. The van der Waals surface area contributed by atoms with Crippen LogP contribution in [0.2, 0.25) is 0 Å². The highest BCUT2D eigenvalue weighted by Gasteiger charge is 2.13. The van der Waals surface area contributed by atoms with E-state index in [1.165, 1.54) is 28.6 Å². The third kappa shape index (κ3) is 3.72. The van der Waals surface area contributed by atoms with Crippen LogP contribution in [0.3, 0.4) is 0 Å². The summed E-state index contributed by atoms with van der Waals surface area (Å²) in [5, 5.41) is 19.5. The van der Waals surface area contributed by atoms with Gasteiger partial charge in [-0.15, -0.1) is 10.2 Å². The van der Waals surface area contributed by atoms with Crippen molar-refractivity contribution < 1.29 is 9.66 Å². The van der Waals surface area contributed by atoms with Crippen molar-refractivity contribution in [2.24, 2.45) is 0 Å². The first kappa shape index (κ1) is 16.8. The highest BCUT2D eigenvalue weighted by molar-refractivity contribution is 7.98. The Bertz CT molecular complexity index is 878. The predicted molar refractivity (Wildman–Crippen MR) is 94.8 cm³/mol. The number of hydrogen-bond donors (Lipinski definition) is 1. The van der Waals surface area contributed by atoms with E-state index in [9.17, 15) is 10.1 Å². The first-order valence-corrected chi connectivity index (χ1v) is 8.28. The Morgan fingerprint density at radius 1 is 1.16 bits per heavy atom. The number of thioether (sulfide) groups is 1. The third-order valence-corrected chi connectivity index (χ3v) is 4.54. The van der Waals surface area contributed by atoms with Gasteiger partial charge in [0.1, 0.15) is 5.75 Å². The van der Waals surface area contributed by atoms with E-state index in [0.29, 0.717) is 16.7 Å². The summed E-state index contributed by atoms with van der Waals surface area (Å²) in [6, 6.07) is 13.8. The fraction of sp³-hybridized carbons (Fsp3) is 0.125. The molecule has 3 rings (SSSR count). The van der Waals surface area contributed by atoms with Gasteiger partial charge in [0.2, 0.25) is 5.16 Å². The highest BCUT2D eigenvalue weighted by atomic mass is 32.2. The summed E-state index contributed by atoms with van der Waals surface area (Å²) in [7, 11) is 1.60. The second kappa shape index (κ2) is 7.22. The standard InChI is InChI=1S/C16H15N5O3S/c1-24-14-8-4-12(5-9-14)15-18-19-16(20(15)17)25-10-11-2-6-13(7-3-11)21(22)23/h2-9H,10,17H2,1H3. The number of hydrogen-bond acceptors (Lipinski definition) is 7. The molecule has 128 valence electrons. The van der Waals surface area contributed by atoms with Crippen LogP contribution in [0.25, 0.3) is 11.4 Å². The van der Waals surface area contributed by atoms with E-state index in [4.69, 9.17) is 10.6 Å². The zero-order valence-electron chi connectivity index (χ0n) is 13.3. The number of nitro groups is 1. The minimum absolute atomic E-state index is 0.0672. The average molecular weight is 357 g/mol. The van der Waals surface area contributed by atoms with Crippen molar-refractivity contribution in [2.75, 3.05) is 13.0 Å². The van der Waals surface area contributed by atoms with Gasteiger partial charge in [-0.25, -0.2) is 4.68 Å². The van der Waals surface area contributed by atoms with Crippen LogP contribution in [-0.2, 0) is 5.75 Å². The molecule has 0 radical (unpaired) electrons. The molecule has 0 saturated carbocycles. The van der Waals surface area contributed by atoms with E-state index < -0.39 is 4.92 Å². The monoisotopic (exact) mass is 357 g/mol. The Morgan fingerprint density at radius 2 is 1.84 bits per heavy atom. The van der Waals surface area contributed by atoms with Crippen molar-refractivity contribution in [1.82, 2.24) is 14.9 Å². The van der Waals surface area contributed by atoms with E-state index in [-0.39, 0.29) is 5.69 Å². The lowest BCUT2D eigenvalue weighted by Crippen LogP contribution is -2.11. The normalized spacial score (nSPS) is 10.6. The third-order valence-electron chi connectivity index (χ3n) is 3.53. The Kier molecular flexibility index (Phi) is 4.85. The molecule has 9 heteroatoms. The molecule has 2 aromatic carbocycles. The number of nitrogen functional groups attached to an aromatic ring is 1. The Balaban J connectivity index is 1.71. The summed E-state index contributed by atoms with van der Waals surface area (Å²) in [5.74, 6) is 7.96. The molecule has 0 saturated heterocycles. The second-order valence-corrected chi connectivity index (χ2v) is 6.06. The van der Waals surface area contributed by atoms with Crippen LogP contribution in [0, 0.1) is 10.1 Å². The molecular weight excluding hydrogens is 342 g/mol. The van der Waals surface area contributed by atoms with Gasteiger partial charge in [-0.2, -0.15) is 0 Å². The van der Waals surface area contributed by atoms with Gasteiger partial charge in [-0.3, -0.25) is 10.1 Å². The molecule has 3 aromatic rings. The number of rotatable bonds is 6. The molecule has 25 heavy (non-hydrogen) atoms. The van der Waals surface area contributed by atoms with E-state index in [1.54, 1.807) is 19.2 Å². The number of benzene rings is 2. The summed E-state index contributed by atoms with van der Waals surface area (Å²) < 4.78 is 6.56. The molecule has 0 aliphatic carbocycles. The van der Waals surface area contributed by atoms with Crippen molar-refractivity contribution in [3.8, 4) is 17.1 Å². The Labute approximate surface area is 147 Å². The van der Waals surface area contributed by atoms with Crippen molar-refractivity contribution in [3.63, 3.8) is 0 Å². The minimum atomic E-state index is -0.422. The average Bonchev–Trinajstić information content (AvgIpc) is 3.01. The number of nitrogens with two attached hydrogens (primary N) is 1. The Morgan fingerprint density at radius 3 is 2.44 bits per heavy atom. The van der Waals surface area contributed by atoms with Gasteiger partial charge in [0.05, 0.1) is 12.0 Å². The van der Waals surface area contributed by atoms with Crippen LogP contribution in [-0.4, -0.2) is 26.9 Å². The maximum atomic E-state index is 10.7. The molecule has 0 fully saturated rings. The second-order valence-electron chi connectivity index (χ2n) is 5.12. The van der Waals surface area contributed by atoms with Gasteiger partial charge in [0.15, 0.2) is 5.82 Å². The molecule has 1 aromatic heterocycles. The van der Waals surface area contributed by atoms with E-state index in [0.717, 1.165) is 16.9 Å². The lowest BCUT2D eigenvalue weighted by atomic mass is 10.2. The molecule has 2 N–H and O–H groups in total. The van der Waals surface area contributed by atoms with E-state index >= 15 is 0 Å². The fourth-order valence-electron chi connectivity index (χ4n) is 2.17. The van der Waals surface area contributed by atoms with Crippen LogP contribution in [0.4, 0.5) is 5.69 Å². The topological polar surface area (TPSA) is 109 Å². The zero-order chi connectivity index (χ0) is 17.8. The van der Waals surface area contributed by atoms with Gasteiger partial charge in [0, 0.05) is 23.4 Å². The smallest absolute Gasteiger partial charge is 0.269 e. The number of nitro benzene ring substituents is 1. The van der Waals surface area contributed by atoms with Crippen molar-refractivity contribution in [2.45, 2.75) is 10.9 Å². The number of nitrogens with zero attached hydrogens (tertiary/aromatic N) is 4. The van der Waals surface area contributed by atoms with Crippen molar-refractivity contribution >= 4 is 17.4 Å². The van der Waals surface area contributed by atoms with Crippen molar-refractivity contribution in [3.05, 3.63) is 64.2 Å². The summed E-state index contributed by atoms with van der Waals surface area (Å²) in [6.07, 6.45) is 0. The van der Waals surface area contributed by atoms with Crippen LogP contribution in [0.1, 0.15) is 5.56 Å². The molecule has 0 unspecified atom stereocenters. The molecule has 0 bridgehead atoms. The van der Waals surface area contributed by atoms with Gasteiger partial charge in [-0.1, -0.05) is 23.9 Å². The van der Waals surface area contributed by atoms with Crippen LogP contribution < -0.4 is 10.6 Å². The van der Waals surface area contributed by atoms with E-state index in [1.807, 2.05) is 24.3 Å². The Hall–Kier alpha value is -3.07. The zero-order valence-corrected chi connectivity index (χ0v) is 14.1. The van der Waals surface area contributed by atoms with Gasteiger partial charge in [0.25, 0.3) is 5.69 Å². The lowest BCUT2D eigenvalue weighted by Gasteiger charge is -2.05. The molecule has 8 nitrogen and oxygen atoms in total. The van der Waals surface area contributed by atoms with Gasteiger partial charge >= 0.3 is 0 Å². The maximum Gasteiger partial charge on any atom is 0.269 e. The quantitative estimate of drug-likeness (QED) is 0.313. The molecule has 1 heterocycles. The number of methoxy groups -OCH3 is 1. The number of non-ortho nitro benzene ring substituents is 1. The highest BCUT2D eigenvalue weighted by Crippen LogP contribution is 2.26. The molecule has 0 spiro atoms.